The van der Waals surface area contributed by atoms with Gasteiger partial charge in [-0.15, -0.1) is 0 Å². The smallest absolute Gasteiger partial charge is 0.142 e. The molecule has 0 saturated heterocycles. The summed E-state index contributed by atoms with van der Waals surface area (Å²) in [6.45, 7) is 2.95. The van der Waals surface area contributed by atoms with Gasteiger partial charge in [-0.25, -0.2) is 9.37 Å². The Morgan fingerprint density at radius 3 is 2.90 bits per heavy atom. The third-order valence-electron chi connectivity index (χ3n) is 3.31. The van der Waals surface area contributed by atoms with Crippen molar-refractivity contribution in [2.75, 3.05) is 6.54 Å². The van der Waals surface area contributed by atoms with Crippen LogP contribution in [0.4, 0.5) is 4.39 Å². The van der Waals surface area contributed by atoms with Gasteiger partial charge in [0.05, 0.1) is 4.47 Å². The van der Waals surface area contributed by atoms with Crippen molar-refractivity contribution in [2.45, 2.75) is 25.8 Å². The summed E-state index contributed by atoms with van der Waals surface area (Å²) in [5.41, 5.74) is 0.677. The zero-order valence-electron chi connectivity index (χ0n) is 11.7. The van der Waals surface area contributed by atoms with Gasteiger partial charge in [-0.3, -0.25) is 0 Å². The molecule has 2 aromatic rings. The Labute approximate surface area is 127 Å². The van der Waals surface area contributed by atoms with Crippen molar-refractivity contribution >= 4 is 15.9 Å². The summed E-state index contributed by atoms with van der Waals surface area (Å²) < 4.78 is 16.8. The van der Waals surface area contributed by atoms with Gasteiger partial charge in [-0.05, 0) is 35.0 Å². The molecule has 0 fully saturated rings. The van der Waals surface area contributed by atoms with E-state index in [1.54, 1.807) is 12.3 Å². The summed E-state index contributed by atoms with van der Waals surface area (Å²) in [6, 6.07) is 5.34. The molecule has 108 valence electrons. The second kappa shape index (κ2) is 6.99. The second-order valence-corrected chi connectivity index (χ2v) is 5.66. The van der Waals surface area contributed by atoms with E-state index in [-0.39, 0.29) is 11.9 Å². The van der Waals surface area contributed by atoms with Gasteiger partial charge in [0.25, 0.3) is 0 Å². The van der Waals surface area contributed by atoms with E-state index in [2.05, 4.69) is 33.2 Å². The maximum absolute atomic E-state index is 14.3. The fourth-order valence-corrected chi connectivity index (χ4v) is 2.56. The minimum absolute atomic E-state index is 0.0754. The molecule has 0 radical (unpaired) electrons. The first-order chi connectivity index (χ1) is 9.63. The van der Waals surface area contributed by atoms with Gasteiger partial charge in [0.15, 0.2) is 0 Å². The summed E-state index contributed by atoms with van der Waals surface area (Å²) in [5, 5.41) is 3.41. The number of aryl methyl sites for hydroxylation is 1. The Bertz CT molecular complexity index is 568. The van der Waals surface area contributed by atoms with Crippen LogP contribution >= 0.6 is 15.9 Å². The van der Waals surface area contributed by atoms with Crippen LogP contribution in [0.5, 0.6) is 0 Å². The van der Waals surface area contributed by atoms with Crippen molar-refractivity contribution in [3.63, 3.8) is 0 Å². The maximum atomic E-state index is 14.3. The van der Waals surface area contributed by atoms with E-state index < -0.39 is 0 Å². The zero-order chi connectivity index (χ0) is 14.5. The van der Waals surface area contributed by atoms with Crippen LogP contribution in [0, 0.1) is 5.82 Å². The van der Waals surface area contributed by atoms with Crippen LogP contribution in [0.15, 0.2) is 35.1 Å². The monoisotopic (exact) mass is 339 g/mol. The molecule has 1 aromatic carbocycles. The molecule has 0 saturated carbocycles. The third-order valence-corrected chi connectivity index (χ3v) is 3.92. The van der Waals surface area contributed by atoms with Crippen LogP contribution < -0.4 is 5.32 Å². The molecule has 0 aliphatic heterocycles. The fourth-order valence-electron chi connectivity index (χ4n) is 2.18. The number of hydrogen-bond donors (Lipinski definition) is 1. The summed E-state index contributed by atoms with van der Waals surface area (Å²) in [6.07, 6.45) is 5.34. The lowest BCUT2D eigenvalue weighted by atomic mass is 10.0. The van der Waals surface area contributed by atoms with Gasteiger partial charge >= 0.3 is 0 Å². The van der Waals surface area contributed by atoms with Crippen LogP contribution in [0.3, 0.4) is 0 Å². The van der Waals surface area contributed by atoms with Gasteiger partial charge in [0.1, 0.15) is 11.6 Å². The number of nitrogens with one attached hydrogen (secondary N) is 1. The molecule has 1 unspecified atom stereocenters. The molecule has 3 nitrogen and oxygen atoms in total. The minimum atomic E-state index is -0.199. The van der Waals surface area contributed by atoms with E-state index in [0.29, 0.717) is 16.5 Å². The van der Waals surface area contributed by atoms with Crippen LogP contribution in [0.25, 0.3) is 0 Å². The largest absolute Gasteiger partial charge is 0.338 e. The molecule has 0 spiro atoms. The maximum Gasteiger partial charge on any atom is 0.142 e. The average Bonchev–Trinajstić information content (AvgIpc) is 2.83. The van der Waals surface area contributed by atoms with Gasteiger partial charge in [-0.2, -0.15) is 0 Å². The van der Waals surface area contributed by atoms with E-state index >= 15 is 0 Å². The first kappa shape index (κ1) is 15.2. The van der Waals surface area contributed by atoms with E-state index in [9.17, 15) is 4.39 Å². The minimum Gasteiger partial charge on any atom is -0.338 e. The molecule has 0 bridgehead atoms. The molecule has 1 N–H and O–H groups in total. The lowest BCUT2D eigenvalue weighted by molar-refractivity contribution is 0.483. The van der Waals surface area contributed by atoms with E-state index in [0.717, 1.165) is 18.8 Å². The summed E-state index contributed by atoms with van der Waals surface area (Å²) in [5.74, 6) is 0.744. The first-order valence-electron chi connectivity index (χ1n) is 6.77. The molecule has 2 rings (SSSR count). The number of aromatic nitrogens is 2. The normalized spacial score (nSPS) is 12.6. The molecule has 0 aliphatic carbocycles. The average molecular weight is 340 g/mol. The predicted octanol–water partition coefficient (Wildman–Crippen LogP) is 3.61. The molecule has 20 heavy (non-hydrogen) atoms. The first-order valence-corrected chi connectivity index (χ1v) is 7.56. The number of halogens is 2. The Kier molecular flexibility index (Phi) is 5.31. The molecular weight excluding hydrogens is 321 g/mol. The van der Waals surface area contributed by atoms with Crippen LogP contribution in [0.1, 0.15) is 30.8 Å². The lowest BCUT2D eigenvalue weighted by Gasteiger charge is -2.20. The Morgan fingerprint density at radius 1 is 1.45 bits per heavy atom. The Balaban J connectivity index is 2.27. The second-order valence-electron chi connectivity index (χ2n) is 4.81. The molecule has 0 aliphatic rings. The van der Waals surface area contributed by atoms with Gasteiger partial charge in [0.2, 0.25) is 0 Å². The highest BCUT2D eigenvalue weighted by molar-refractivity contribution is 9.10. The van der Waals surface area contributed by atoms with Gasteiger partial charge in [0, 0.05) is 37.5 Å². The molecule has 5 heteroatoms. The highest BCUT2D eigenvalue weighted by Crippen LogP contribution is 2.25. The topological polar surface area (TPSA) is 29.9 Å². The van der Waals surface area contributed by atoms with Crippen molar-refractivity contribution < 1.29 is 4.39 Å². The summed E-state index contributed by atoms with van der Waals surface area (Å²) in [7, 11) is 1.95. The van der Waals surface area contributed by atoms with E-state index in [1.807, 2.05) is 29.9 Å². The highest BCUT2D eigenvalue weighted by Gasteiger charge is 2.18. The molecule has 1 aromatic heterocycles. The van der Waals surface area contributed by atoms with Gasteiger partial charge in [-0.1, -0.05) is 19.1 Å². The predicted molar refractivity (Wildman–Crippen MR) is 82.0 cm³/mol. The third kappa shape index (κ3) is 3.46. The Hall–Kier alpha value is -1.20. The van der Waals surface area contributed by atoms with Crippen molar-refractivity contribution in [2.24, 2.45) is 7.05 Å². The number of hydrogen-bond acceptors (Lipinski definition) is 2. The Morgan fingerprint density at radius 2 is 2.25 bits per heavy atom. The number of nitrogens with zero attached hydrogens (tertiary/aromatic N) is 2. The number of imidazole rings is 1. The van der Waals surface area contributed by atoms with Crippen molar-refractivity contribution in [3.05, 3.63) is 52.3 Å². The van der Waals surface area contributed by atoms with Crippen molar-refractivity contribution in [1.82, 2.24) is 14.9 Å². The van der Waals surface area contributed by atoms with E-state index in [4.69, 9.17) is 0 Å². The molecular formula is C15H19BrFN3. The van der Waals surface area contributed by atoms with E-state index in [1.165, 1.54) is 0 Å². The van der Waals surface area contributed by atoms with Gasteiger partial charge < -0.3 is 9.88 Å². The lowest BCUT2D eigenvalue weighted by Crippen LogP contribution is -2.26. The fraction of sp³-hybridized carbons (Fsp3) is 0.400. The van der Waals surface area contributed by atoms with Crippen LogP contribution in [-0.2, 0) is 13.5 Å². The SMILES string of the molecule is CCCNC(Cc1nccn1C)c1cccc(Br)c1F. The summed E-state index contributed by atoms with van der Waals surface area (Å²) >= 11 is 3.25. The van der Waals surface area contributed by atoms with Crippen LogP contribution in [-0.4, -0.2) is 16.1 Å². The standard InChI is InChI=1S/C15H19BrFN3/c1-3-7-18-13(10-14-19-8-9-20(14)2)11-5-4-6-12(16)15(11)17/h4-6,8-9,13,18H,3,7,10H2,1-2H3. The highest BCUT2D eigenvalue weighted by atomic mass is 79.9. The van der Waals surface area contributed by atoms with Crippen molar-refractivity contribution in [3.8, 4) is 0 Å². The van der Waals surface area contributed by atoms with Crippen molar-refractivity contribution in [1.29, 1.82) is 0 Å². The number of benzene rings is 1. The van der Waals surface area contributed by atoms with Crippen LogP contribution in [0.2, 0.25) is 0 Å². The quantitative estimate of drug-likeness (QED) is 0.871. The molecule has 1 atom stereocenters. The molecule has 1 heterocycles. The zero-order valence-corrected chi connectivity index (χ0v) is 13.3. The summed E-state index contributed by atoms with van der Waals surface area (Å²) in [4.78, 5) is 4.33. The molecule has 0 amide bonds. The number of rotatable bonds is 6.